The number of rotatable bonds is 2. The fourth-order valence-electron chi connectivity index (χ4n) is 6.00. The first-order valence-electron chi connectivity index (χ1n) is 12.2. The number of esters is 1. The summed E-state index contributed by atoms with van der Waals surface area (Å²) in [6, 6.07) is 1.47. The molecule has 1 aromatic heterocycles. The Morgan fingerprint density at radius 1 is 1.23 bits per heavy atom. The monoisotopic (exact) mass is 493 g/mol. The molecule has 190 valence electrons. The van der Waals surface area contributed by atoms with Gasteiger partial charge >= 0.3 is 12.1 Å². The fraction of sp³-hybridized carbons (Fsp3) is 0.640. The molecule has 2 atom stereocenters. The average molecular weight is 494 g/mol. The Hall–Kier alpha value is -2.46. The number of carbonyl (C=O) groups excluding carboxylic acids is 2. The van der Waals surface area contributed by atoms with E-state index < -0.39 is 23.3 Å². The zero-order chi connectivity index (χ0) is 25.0. The molecule has 4 aliphatic rings. The molecule has 1 amide bonds. The molecule has 0 saturated carbocycles. The van der Waals surface area contributed by atoms with Gasteiger partial charge < -0.3 is 14.4 Å². The molecular formula is C25H30F3N3O4. The highest BCUT2D eigenvalue weighted by atomic mass is 19.4. The molecule has 1 aromatic rings. The van der Waals surface area contributed by atoms with E-state index >= 15 is 0 Å². The summed E-state index contributed by atoms with van der Waals surface area (Å²) in [7, 11) is 0. The molecule has 0 aliphatic carbocycles. The van der Waals surface area contributed by atoms with Gasteiger partial charge in [0.2, 0.25) is 0 Å². The fourth-order valence-corrected chi connectivity index (χ4v) is 6.00. The normalized spacial score (nSPS) is 27.2. The molecule has 0 bridgehead atoms. The second-order valence-corrected chi connectivity index (χ2v) is 10.1. The summed E-state index contributed by atoms with van der Waals surface area (Å²) in [5, 5.41) is 0. The van der Waals surface area contributed by atoms with Crippen LogP contribution in [0.4, 0.5) is 13.2 Å². The SMILES string of the molecule is CC1=C(C(=O)N2CCc3ncc(C(F)(F)F)cc3C2)C2(CCN(C3CCOCC3C)CC2)OC1=O. The molecule has 2 saturated heterocycles. The van der Waals surface area contributed by atoms with Crippen LogP contribution in [-0.4, -0.2) is 71.2 Å². The molecule has 0 N–H and O–H groups in total. The minimum Gasteiger partial charge on any atom is -0.450 e. The molecule has 35 heavy (non-hydrogen) atoms. The molecule has 1 spiro atoms. The number of hydrogen-bond acceptors (Lipinski definition) is 6. The Morgan fingerprint density at radius 3 is 2.66 bits per heavy atom. The Labute approximate surface area is 202 Å². The van der Waals surface area contributed by atoms with E-state index in [1.54, 1.807) is 6.92 Å². The van der Waals surface area contributed by atoms with Gasteiger partial charge in [-0.2, -0.15) is 13.2 Å². The third-order valence-electron chi connectivity index (χ3n) is 7.96. The van der Waals surface area contributed by atoms with Crippen molar-refractivity contribution in [3.8, 4) is 0 Å². The number of ether oxygens (including phenoxy) is 2. The van der Waals surface area contributed by atoms with Crippen LogP contribution in [0, 0.1) is 5.92 Å². The number of hydrogen-bond donors (Lipinski definition) is 0. The van der Waals surface area contributed by atoms with Gasteiger partial charge in [-0.15, -0.1) is 0 Å². The van der Waals surface area contributed by atoms with Crippen molar-refractivity contribution in [3.05, 3.63) is 40.2 Å². The van der Waals surface area contributed by atoms with E-state index in [1.807, 2.05) is 0 Å². The standard InChI is InChI=1S/C25H30F3N3O4/c1-15-14-34-10-4-20(15)30-8-5-24(6-9-30)21(16(2)23(33)35-24)22(32)31-7-3-19-17(13-31)11-18(12-29-19)25(26,27)28/h11-12,15,20H,3-10,13-14H2,1-2H3. The minimum absolute atomic E-state index is 0.0256. The van der Waals surface area contributed by atoms with E-state index in [0.29, 0.717) is 73.3 Å². The van der Waals surface area contributed by atoms with E-state index in [0.717, 1.165) is 31.9 Å². The summed E-state index contributed by atoms with van der Waals surface area (Å²) in [5.41, 5.74) is -0.177. The second-order valence-electron chi connectivity index (χ2n) is 10.1. The second kappa shape index (κ2) is 8.89. The highest BCUT2D eigenvalue weighted by Crippen LogP contribution is 2.43. The van der Waals surface area contributed by atoms with Crippen molar-refractivity contribution in [3.63, 3.8) is 0 Å². The highest BCUT2D eigenvalue weighted by molar-refractivity contribution is 6.07. The number of likely N-dealkylation sites (tertiary alicyclic amines) is 1. The third kappa shape index (κ3) is 4.35. The quantitative estimate of drug-likeness (QED) is 0.590. The maximum absolute atomic E-state index is 13.7. The largest absolute Gasteiger partial charge is 0.450 e. The molecule has 5 heterocycles. The number of alkyl halides is 3. The van der Waals surface area contributed by atoms with Crippen molar-refractivity contribution < 1.29 is 32.2 Å². The molecule has 0 radical (unpaired) electrons. The summed E-state index contributed by atoms with van der Waals surface area (Å²) in [6.07, 6.45) is -1.30. The number of pyridine rings is 1. The van der Waals surface area contributed by atoms with E-state index in [-0.39, 0.29) is 12.5 Å². The van der Waals surface area contributed by atoms with Crippen LogP contribution in [-0.2, 0) is 38.2 Å². The van der Waals surface area contributed by atoms with E-state index in [4.69, 9.17) is 9.47 Å². The molecule has 4 aliphatic heterocycles. The van der Waals surface area contributed by atoms with Crippen molar-refractivity contribution in [2.75, 3.05) is 32.8 Å². The highest BCUT2D eigenvalue weighted by Gasteiger charge is 2.52. The zero-order valence-corrected chi connectivity index (χ0v) is 20.0. The Morgan fingerprint density at radius 2 is 1.97 bits per heavy atom. The summed E-state index contributed by atoms with van der Waals surface area (Å²) in [4.78, 5) is 34.3. The van der Waals surface area contributed by atoms with Crippen LogP contribution in [0.15, 0.2) is 23.4 Å². The topological polar surface area (TPSA) is 72.0 Å². The van der Waals surface area contributed by atoms with Crippen molar-refractivity contribution >= 4 is 11.9 Å². The predicted molar refractivity (Wildman–Crippen MR) is 119 cm³/mol. The lowest BCUT2D eigenvalue weighted by atomic mass is 9.81. The molecule has 7 nitrogen and oxygen atoms in total. The molecule has 10 heteroatoms. The van der Waals surface area contributed by atoms with E-state index in [2.05, 4.69) is 16.8 Å². The van der Waals surface area contributed by atoms with Crippen LogP contribution in [0.3, 0.4) is 0 Å². The number of nitrogens with zero attached hydrogens (tertiary/aromatic N) is 3. The van der Waals surface area contributed by atoms with Crippen LogP contribution in [0.1, 0.15) is 49.9 Å². The summed E-state index contributed by atoms with van der Waals surface area (Å²) in [6.45, 7) is 7.01. The van der Waals surface area contributed by atoms with Crippen LogP contribution in [0.2, 0.25) is 0 Å². The lowest BCUT2D eigenvalue weighted by Gasteiger charge is -2.45. The molecule has 5 rings (SSSR count). The minimum atomic E-state index is -4.50. The maximum Gasteiger partial charge on any atom is 0.417 e. The summed E-state index contributed by atoms with van der Waals surface area (Å²) >= 11 is 0. The number of amides is 1. The molecule has 2 fully saturated rings. The van der Waals surface area contributed by atoms with Gasteiger partial charge in [0.1, 0.15) is 5.60 Å². The van der Waals surface area contributed by atoms with Gasteiger partial charge in [0.25, 0.3) is 5.91 Å². The average Bonchev–Trinajstić information content (AvgIpc) is 3.07. The predicted octanol–water partition coefficient (Wildman–Crippen LogP) is 3.12. The lowest BCUT2D eigenvalue weighted by molar-refractivity contribution is -0.152. The first kappa shape index (κ1) is 24.2. The van der Waals surface area contributed by atoms with Crippen molar-refractivity contribution in [1.29, 1.82) is 0 Å². The van der Waals surface area contributed by atoms with Gasteiger partial charge in [0, 0.05) is 75.6 Å². The lowest BCUT2D eigenvalue weighted by Crippen LogP contribution is -2.54. The molecule has 2 unspecified atom stereocenters. The first-order chi connectivity index (χ1) is 16.6. The van der Waals surface area contributed by atoms with Crippen molar-refractivity contribution in [2.45, 2.75) is 63.9 Å². The number of piperidine rings is 1. The van der Waals surface area contributed by atoms with E-state index in [1.165, 1.54) is 4.90 Å². The Kier molecular flexibility index (Phi) is 6.15. The van der Waals surface area contributed by atoms with Gasteiger partial charge in [0.05, 0.1) is 17.7 Å². The molecular weight excluding hydrogens is 463 g/mol. The smallest absolute Gasteiger partial charge is 0.417 e. The van der Waals surface area contributed by atoms with E-state index in [9.17, 15) is 22.8 Å². The third-order valence-corrected chi connectivity index (χ3v) is 7.96. The summed E-state index contributed by atoms with van der Waals surface area (Å²) < 4.78 is 51.0. The van der Waals surface area contributed by atoms with Gasteiger partial charge in [-0.05, 0) is 30.9 Å². The Balaban J connectivity index is 1.35. The number of aromatic nitrogens is 1. The van der Waals surface area contributed by atoms with Crippen LogP contribution < -0.4 is 0 Å². The van der Waals surface area contributed by atoms with Gasteiger partial charge in [-0.1, -0.05) is 6.92 Å². The van der Waals surface area contributed by atoms with Crippen LogP contribution in [0.5, 0.6) is 0 Å². The van der Waals surface area contributed by atoms with Crippen LogP contribution in [0.25, 0.3) is 0 Å². The van der Waals surface area contributed by atoms with Gasteiger partial charge in [-0.3, -0.25) is 14.7 Å². The van der Waals surface area contributed by atoms with Gasteiger partial charge in [0.15, 0.2) is 0 Å². The van der Waals surface area contributed by atoms with Crippen LogP contribution >= 0.6 is 0 Å². The number of halogens is 3. The van der Waals surface area contributed by atoms with Crippen molar-refractivity contribution in [1.82, 2.24) is 14.8 Å². The summed E-state index contributed by atoms with van der Waals surface area (Å²) in [5.74, 6) is -0.408. The number of carbonyl (C=O) groups is 2. The maximum atomic E-state index is 13.7. The molecule has 0 aromatic carbocycles. The Bertz CT molecular complexity index is 1060. The van der Waals surface area contributed by atoms with Gasteiger partial charge in [-0.25, -0.2) is 4.79 Å². The zero-order valence-electron chi connectivity index (χ0n) is 20.0. The van der Waals surface area contributed by atoms with Crippen molar-refractivity contribution in [2.24, 2.45) is 5.92 Å². The number of fused-ring (bicyclic) bond motifs is 1. The first-order valence-corrected chi connectivity index (χ1v) is 12.2.